The second-order valence-corrected chi connectivity index (χ2v) is 9.13. The number of thiophene rings is 1. The van der Waals surface area contributed by atoms with Crippen molar-refractivity contribution in [3.8, 4) is 0 Å². The number of hydrogen-bond acceptors (Lipinski definition) is 4. The molecule has 4 nitrogen and oxygen atoms in total. The highest BCUT2D eigenvalue weighted by Crippen LogP contribution is 2.31. The molecule has 0 fully saturated rings. The van der Waals surface area contributed by atoms with Gasteiger partial charge in [-0.1, -0.05) is 35.9 Å². The van der Waals surface area contributed by atoms with Crippen molar-refractivity contribution in [1.29, 1.82) is 0 Å². The van der Waals surface area contributed by atoms with E-state index in [0.29, 0.717) is 15.5 Å². The van der Waals surface area contributed by atoms with E-state index in [9.17, 15) is 13.2 Å². The number of benzene rings is 2. The number of halogens is 1. The highest BCUT2D eigenvalue weighted by Gasteiger charge is 2.30. The molecule has 0 radical (unpaired) electrons. The zero-order valence-electron chi connectivity index (χ0n) is 13.6. The van der Waals surface area contributed by atoms with Crippen molar-refractivity contribution >= 4 is 38.7 Å². The van der Waals surface area contributed by atoms with Gasteiger partial charge < -0.3 is 5.32 Å². The van der Waals surface area contributed by atoms with Gasteiger partial charge in [-0.05, 0) is 47.8 Å². The van der Waals surface area contributed by atoms with Gasteiger partial charge in [0.15, 0.2) is 9.84 Å². The minimum Gasteiger partial charge on any atom is -0.350 e. The van der Waals surface area contributed by atoms with E-state index in [-0.39, 0.29) is 17.3 Å². The SMILES string of the molecule is O=C(NCC(c1cccs1)S(=O)(=O)c1ccccc1)c1ccc(Cl)cc1. The summed E-state index contributed by atoms with van der Waals surface area (Å²) in [5, 5.41) is 4.24. The van der Waals surface area contributed by atoms with Gasteiger partial charge in [-0.2, -0.15) is 0 Å². The predicted molar refractivity (Wildman–Crippen MR) is 104 cm³/mol. The van der Waals surface area contributed by atoms with Crippen LogP contribution in [0, 0.1) is 0 Å². The Kier molecular flexibility index (Phi) is 5.76. The average Bonchev–Trinajstić information content (AvgIpc) is 3.17. The monoisotopic (exact) mass is 405 g/mol. The number of carbonyl (C=O) groups excluding carboxylic acids is 1. The zero-order chi connectivity index (χ0) is 18.6. The molecule has 2 aromatic carbocycles. The summed E-state index contributed by atoms with van der Waals surface area (Å²) in [4.78, 5) is 13.3. The molecule has 1 amide bonds. The van der Waals surface area contributed by atoms with Crippen LogP contribution in [-0.2, 0) is 9.84 Å². The lowest BCUT2D eigenvalue weighted by molar-refractivity contribution is 0.0954. The zero-order valence-corrected chi connectivity index (χ0v) is 16.0. The van der Waals surface area contributed by atoms with E-state index in [1.54, 1.807) is 66.7 Å². The minimum atomic E-state index is -3.63. The van der Waals surface area contributed by atoms with E-state index >= 15 is 0 Å². The topological polar surface area (TPSA) is 63.2 Å². The summed E-state index contributed by atoms with van der Waals surface area (Å²) in [5.74, 6) is -0.341. The van der Waals surface area contributed by atoms with Gasteiger partial charge in [0.05, 0.1) is 4.90 Å². The van der Waals surface area contributed by atoms with E-state index in [1.165, 1.54) is 11.3 Å². The van der Waals surface area contributed by atoms with Crippen LogP contribution in [0.3, 0.4) is 0 Å². The van der Waals surface area contributed by atoms with Crippen molar-refractivity contribution in [1.82, 2.24) is 5.32 Å². The Bertz CT molecular complexity index is 969. The fourth-order valence-electron chi connectivity index (χ4n) is 2.50. The number of nitrogens with one attached hydrogen (secondary N) is 1. The number of sulfone groups is 1. The quantitative estimate of drug-likeness (QED) is 0.663. The molecule has 1 N–H and O–H groups in total. The maximum atomic E-state index is 13.1. The Morgan fingerprint density at radius 2 is 1.69 bits per heavy atom. The van der Waals surface area contributed by atoms with Gasteiger partial charge in [0.2, 0.25) is 0 Å². The summed E-state index contributed by atoms with van der Waals surface area (Å²) < 4.78 is 26.1. The summed E-state index contributed by atoms with van der Waals surface area (Å²) in [7, 11) is -3.63. The van der Waals surface area contributed by atoms with Crippen molar-refractivity contribution in [2.75, 3.05) is 6.54 Å². The van der Waals surface area contributed by atoms with E-state index in [4.69, 9.17) is 11.6 Å². The molecule has 0 bridgehead atoms. The Hall–Kier alpha value is -2.15. The number of carbonyl (C=O) groups is 1. The first-order chi connectivity index (χ1) is 12.5. The smallest absolute Gasteiger partial charge is 0.251 e. The first kappa shape index (κ1) is 18.6. The van der Waals surface area contributed by atoms with Gasteiger partial charge in [-0.15, -0.1) is 11.3 Å². The van der Waals surface area contributed by atoms with Gasteiger partial charge in [-0.3, -0.25) is 4.79 Å². The second kappa shape index (κ2) is 8.03. The molecule has 0 aliphatic rings. The molecule has 3 rings (SSSR count). The lowest BCUT2D eigenvalue weighted by Crippen LogP contribution is -2.31. The van der Waals surface area contributed by atoms with E-state index in [0.717, 1.165) is 0 Å². The van der Waals surface area contributed by atoms with Crippen molar-refractivity contribution in [3.05, 3.63) is 87.6 Å². The molecule has 0 aliphatic heterocycles. The van der Waals surface area contributed by atoms with E-state index < -0.39 is 15.1 Å². The molecule has 134 valence electrons. The standard InChI is InChI=1S/C19H16ClNO3S2/c20-15-10-8-14(9-11-15)19(22)21-13-18(17-7-4-12-25-17)26(23,24)16-5-2-1-3-6-16/h1-12,18H,13H2,(H,21,22). The third-order valence-electron chi connectivity index (χ3n) is 3.86. The minimum absolute atomic E-state index is 0.0147. The van der Waals surface area contributed by atoms with Crippen molar-refractivity contribution in [2.45, 2.75) is 10.1 Å². The molecular weight excluding hydrogens is 390 g/mol. The van der Waals surface area contributed by atoms with Crippen LogP contribution in [0.2, 0.25) is 5.02 Å². The molecule has 0 saturated carbocycles. The summed E-state index contributed by atoms with van der Waals surface area (Å²) in [5.41, 5.74) is 0.427. The van der Waals surface area contributed by atoms with E-state index in [1.807, 2.05) is 5.38 Å². The van der Waals surface area contributed by atoms with Gasteiger partial charge in [0, 0.05) is 22.0 Å². The molecule has 26 heavy (non-hydrogen) atoms. The van der Waals surface area contributed by atoms with Crippen LogP contribution in [0.5, 0.6) is 0 Å². The second-order valence-electron chi connectivity index (χ2n) is 5.58. The van der Waals surface area contributed by atoms with Crippen LogP contribution in [0.1, 0.15) is 20.5 Å². The largest absolute Gasteiger partial charge is 0.350 e. The van der Waals surface area contributed by atoms with Crippen LogP contribution >= 0.6 is 22.9 Å². The molecule has 1 unspecified atom stereocenters. The first-order valence-electron chi connectivity index (χ1n) is 7.84. The fourth-order valence-corrected chi connectivity index (χ4v) is 5.43. The molecular formula is C19H16ClNO3S2. The van der Waals surface area contributed by atoms with Crippen LogP contribution in [-0.4, -0.2) is 20.9 Å². The Balaban J connectivity index is 1.84. The molecule has 1 aromatic heterocycles. The summed E-state index contributed by atoms with van der Waals surface area (Å²) in [6, 6.07) is 18.3. The number of amides is 1. The van der Waals surface area contributed by atoms with Crippen LogP contribution in [0.4, 0.5) is 0 Å². The number of rotatable bonds is 6. The highest BCUT2D eigenvalue weighted by atomic mass is 35.5. The Labute approximate surface area is 161 Å². The molecule has 0 spiro atoms. The van der Waals surface area contributed by atoms with Gasteiger partial charge >= 0.3 is 0 Å². The molecule has 1 heterocycles. The molecule has 3 aromatic rings. The van der Waals surface area contributed by atoms with Crippen LogP contribution in [0.15, 0.2) is 77.0 Å². The van der Waals surface area contributed by atoms with Crippen molar-refractivity contribution < 1.29 is 13.2 Å². The highest BCUT2D eigenvalue weighted by molar-refractivity contribution is 7.91. The fraction of sp³-hybridized carbons (Fsp3) is 0.105. The molecule has 0 saturated heterocycles. The molecule has 0 aliphatic carbocycles. The lowest BCUT2D eigenvalue weighted by atomic mass is 10.2. The van der Waals surface area contributed by atoms with Crippen LogP contribution in [0.25, 0.3) is 0 Å². The summed E-state index contributed by atoms with van der Waals surface area (Å²) in [6.07, 6.45) is 0. The average molecular weight is 406 g/mol. The maximum absolute atomic E-state index is 13.1. The maximum Gasteiger partial charge on any atom is 0.251 e. The number of hydrogen-bond donors (Lipinski definition) is 1. The third kappa shape index (κ3) is 4.15. The van der Waals surface area contributed by atoms with Gasteiger partial charge in [-0.25, -0.2) is 8.42 Å². The van der Waals surface area contributed by atoms with Crippen molar-refractivity contribution in [3.63, 3.8) is 0 Å². The third-order valence-corrected chi connectivity index (χ3v) is 7.35. The molecule has 1 atom stereocenters. The predicted octanol–water partition coefficient (Wildman–Crippen LogP) is 4.35. The van der Waals surface area contributed by atoms with Gasteiger partial charge in [0.1, 0.15) is 5.25 Å². The summed E-state index contributed by atoms with van der Waals surface area (Å²) >= 11 is 7.18. The van der Waals surface area contributed by atoms with Crippen molar-refractivity contribution in [2.24, 2.45) is 0 Å². The Morgan fingerprint density at radius 3 is 2.31 bits per heavy atom. The van der Waals surface area contributed by atoms with Crippen LogP contribution < -0.4 is 5.32 Å². The Morgan fingerprint density at radius 1 is 1.00 bits per heavy atom. The first-order valence-corrected chi connectivity index (χ1v) is 10.6. The van der Waals surface area contributed by atoms with E-state index in [2.05, 4.69) is 5.32 Å². The summed E-state index contributed by atoms with van der Waals surface area (Å²) in [6.45, 7) is -0.0147. The molecule has 7 heteroatoms. The normalized spacial score (nSPS) is 12.5. The van der Waals surface area contributed by atoms with Gasteiger partial charge in [0.25, 0.3) is 5.91 Å². The lowest BCUT2D eigenvalue weighted by Gasteiger charge is -2.17.